The third kappa shape index (κ3) is 4.76. The van der Waals surface area contributed by atoms with Crippen LogP contribution in [0.1, 0.15) is 59.2 Å². The van der Waals surface area contributed by atoms with Crippen molar-refractivity contribution in [3.63, 3.8) is 0 Å². The van der Waals surface area contributed by atoms with Crippen LogP contribution in [0.4, 0.5) is 8.78 Å². The minimum atomic E-state index is -0.849. The molecule has 1 fully saturated rings. The van der Waals surface area contributed by atoms with E-state index < -0.39 is 23.1 Å². The maximum atomic E-state index is 14.2. The summed E-state index contributed by atoms with van der Waals surface area (Å²) in [5.74, 6) is -1.98. The van der Waals surface area contributed by atoms with E-state index >= 15 is 0 Å². The third-order valence-corrected chi connectivity index (χ3v) is 6.49. The van der Waals surface area contributed by atoms with Crippen molar-refractivity contribution >= 4 is 11.8 Å². The number of hydrogen-bond acceptors (Lipinski definition) is 3. The van der Waals surface area contributed by atoms with Gasteiger partial charge in [-0.05, 0) is 49.9 Å². The Bertz CT molecular complexity index is 977. The first kappa shape index (κ1) is 22.2. The van der Waals surface area contributed by atoms with Crippen molar-refractivity contribution in [2.24, 2.45) is 5.41 Å². The highest BCUT2D eigenvalue weighted by Crippen LogP contribution is 2.36. The van der Waals surface area contributed by atoms with Crippen LogP contribution in [0, 0.1) is 17.0 Å². The lowest BCUT2D eigenvalue weighted by Gasteiger charge is -2.43. The highest BCUT2D eigenvalue weighted by molar-refractivity contribution is 5.97. The monoisotopic (exact) mass is 442 g/mol. The van der Waals surface area contributed by atoms with E-state index in [1.54, 1.807) is 23.1 Å². The van der Waals surface area contributed by atoms with Crippen molar-refractivity contribution in [1.82, 2.24) is 10.2 Å². The van der Waals surface area contributed by atoms with Crippen molar-refractivity contribution in [3.05, 3.63) is 65.2 Å². The summed E-state index contributed by atoms with van der Waals surface area (Å²) in [6, 6.07) is 10.6. The molecule has 1 saturated heterocycles. The number of carbonyl (C=O) groups is 2. The number of ether oxygens (including phenoxy) is 1. The largest absolute Gasteiger partial charge is 0.493 e. The van der Waals surface area contributed by atoms with Crippen LogP contribution >= 0.6 is 0 Å². The number of fused-ring (bicyclic) bond motifs is 1. The molecular formula is C25H28F2N2O3. The number of para-hydroxylation sites is 1. The summed E-state index contributed by atoms with van der Waals surface area (Å²) in [5.41, 5.74) is -0.353. The van der Waals surface area contributed by atoms with Crippen molar-refractivity contribution in [1.29, 1.82) is 0 Å². The van der Waals surface area contributed by atoms with Gasteiger partial charge >= 0.3 is 0 Å². The van der Waals surface area contributed by atoms with Crippen LogP contribution in [0.3, 0.4) is 0 Å². The molecule has 0 saturated carbocycles. The summed E-state index contributed by atoms with van der Waals surface area (Å²) in [6.45, 7) is 1.73. The summed E-state index contributed by atoms with van der Waals surface area (Å²) >= 11 is 0. The summed E-state index contributed by atoms with van der Waals surface area (Å²) in [4.78, 5) is 27.5. The zero-order valence-electron chi connectivity index (χ0n) is 18.0. The quantitative estimate of drug-likeness (QED) is 0.704. The topological polar surface area (TPSA) is 58.6 Å². The van der Waals surface area contributed by atoms with E-state index in [0.717, 1.165) is 50.7 Å². The Kier molecular flexibility index (Phi) is 6.72. The first-order valence-corrected chi connectivity index (χ1v) is 11.2. The molecule has 4 rings (SSSR count). The van der Waals surface area contributed by atoms with Gasteiger partial charge in [-0.15, -0.1) is 0 Å². The van der Waals surface area contributed by atoms with Gasteiger partial charge in [-0.2, -0.15) is 0 Å². The minimum Gasteiger partial charge on any atom is -0.493 e. The molecule has 2 aliphatic heterocycles. The second-order valence-electron chi connectivity index (χ2n) is 8.76. The molecule has 1 atom stereocenters. The van der Waals surface area contributed by atoms with Crippen LogP contribution in [-0.4, -0.2) is 43.0 Å². The van der Waals surface area contributed by atoms with E-state index in [2.05, 4.69) is 5.32 Å². The number of benzene rings is 2. The first-order chi connectivity index (χ1) is 15.5. The van der Waals surface area contributed by atoms with Crippen molar-refractivity contribution < 1.29 is 23.1 Å². The third-order valence-electron chi connectivity index (χ3n) is 6.49. The lowest BCUT2D eigenvalue weighted by atomic mass is 9.75. The molecule has 5 nitrogen and oxygen atoms in total. The summed E-state index contributed by atoms with van der Waals surface area (Å²) < 4.78 is 34.3. The number of piperidine rings is 1. The summed E-state index contributed by atoms with van der Waals surface area (Å²) in [5, 5.41) is 3.03. The molecule has 0 radical (unpaired) electrons. The fourth-order valence-electron chi connectivity index (χ4n) is 4.78. The average molecular weight is 443 g/mol. The van der Waals surface area contributed by atoms with Gasteiger partial charge in [0.25, 0.3) is 11.8 Å². The van der Waals surface area contributed by atoms with E-state index in [-0.39, 0.29) is 11.3 Å². The Balaban J connectivity index is 1.56. The average Bonchev–Trinajstić information content (AvgIpc) is 2.79. The molecule has 1 N–H and O–H groups in total. The predicted molar refractivity (Wildman–Crippen MR) is 117 cm³/mol. The van der Waals surface area contributed by atoms with Crippen LogP contribution in [0.15, 0.2) is 42.5 Å². The molecular weight excluding hydrogens is 414 g/mol. The van der Waals surface area contributed by atoms with Crippen LogP contribution in [0.2, 0.25) is 0 Å². The molecule has 1 spiro atoms. The van der Waals surface area contributed by atoms with Crippen molar-refractivity contribution in [2.45, 2.75) is 38.5 Å². The van der Waals surface area contributed by atoms with Gasteiger partial charge in [0.1, 0.15) is 22.9 Å². The number of nitrogens with one attached hydrogen (secondary N) is 1. The van der Waals surface area contributed by atoms with E-state index in [4.69, 9.17) is 4.74 Å². The van der Waals surface area contributed by atoms with Gasteiger partial charge in [0.05, 0.1) is 12.2 Å². The Hall–Kier alpha value is -2.96. The highest BCUT2D eigenvalue weighted by atomic mass is 19.1. The molecule has 2 aliphatic rings. The number of amides is 2. The Morgan fingerprint density at radius 2 is 1.72 bits per heavy atom. The van der Waals surface area contributed by atoms with Gasteiger partial charge in [-0.25, -0.2) is 8.78 Å². The zero-order valence-corrected chi connectivity index (χ0v) is 18.0. The van der Waals surface area contributed by atoms with Gasteiger partial charge in [0.15, 0.2) is 0 Å². The summed E-state index contributed by atoms with van der Waals surface area (Å²) in [7, 11) is 0. The second-order valence-corrected chi connectivity index (χ2v) is 8.76. The predicted octanol–water partition coefficient (Wildman–Crippen LogP) is 4.57. The van der Waals surface area contributed by atoms with Crippen LogP contribution in [0.25, 0.3) is 0 Å². The molecule has 7 heteroatoms. The van der Waals surface area contributed by atoms with E-state index in [1.807, 2.05) is 6.07 Å². The highest BCUT2D eigenvalue weighted by Gasteiger charge is 2.38. The van der Waals surface area contributed by atoms with Gasteiger partial charge in [-0.3, -0.25) is 9.59 Å². The van der Waals surface area contributed by atoms with Crippen LogP contribution in [-0.2, 0) is 0 Å². The number of likely N-dealkylation sites (tertiary alicyclic amines) is 1. The van der Waals surface area contributed by atoms with E-state index in [9.17, 15) is 18.4 Å². The standard InChI is InChI=1S/C25H28F2N2O3/c26-19-9-6-10-20(27)22(19)24(31)29-14-7-13-25(17-29)12-4-1-5-15-32-21-11-3-2-8-18(21)23(30)28-16-25/h2-3,6,8-11H,1,4-5,7,12-17H2,(H,28,30). The normalized spacial score (nSPS) is 22.2. The molecule has 2 amide bonds. The molecule has 170 valence electrons. The zero-order chi connectivity index (χ0) is 22.6. The van der Waals surface area contributed by atoms with E-state index in [1.165, 1.54) is 6.07 Å². The van der Waals surface area contributed by atoms with Crippen LogP contribution in [0.5, 0.6) is 5.75 Å². The molecule has 0 aliphatic carbocycles. The van der Waals surface area contributed by atoms with Gasteiger partial charge in [-0.1, -0.05) is 31.0 Å². The lowest BCUT2D eigenvalue weighted by molar-refractivity contribution is 0.0460. The minimum absolute atomic E-state index is 0.218. The molecule has 0 aromatic heterocycles. The molecule has 2 aromatic rings. The number of nitrogens with zero attached hydrogens (tertiary/aromatic N) is 1. The van der Waals surface area contributed by atoms with Crippen molar-refractivity contribution in [3.8, 4) is 5.75 Å². The number of halogens is 2. The number of carbonyl (C=O) groups excluding carboxylic acids is 2. The molecule has 32 heavy (non-hydrogen) atoms. The molecule has 1 unspecified atom stereocenters. The van der Waals surface area contributed by atoms with Crippen molar-refractivity contribution in [2.75, 3.05) is 26.2 Å². The maximum absolute atomic E-state index is 14.2. The van der Waals surface area contributed by atoms with E-state index in [0.29, 0.717) is 37.6 Å². The second kappa shape index (κ2) is 9.67. The smallest absolute Gasteiger partial charge is 0.259 e. The van der Waals surface area contributed by atoms with Gasteiger partial charge in [0, 0.05) is 25.0 Å². The fraction of sp³-hybridized carbons (Fsp3) is 0.440. The Morgan fingerprint density at radius 3 is 2.53 bits per heavy atom. The molecule has 2 heterocycles. The first-order valence-electron chi connectivity index (χ1n) is 11.2. The molecule has 0 bridgehead atoms. The van der Waals surface area contributed by atoms with Gasteiger partial charge < -0.3 is 15.0 Å². The molecule has 2 aromatic carbocycles. The Morgan fingerprint density at radius 1 is 0.969 bits per heavy atom. The Labute approximate surface area is 186 Å². The maximum Gasteiger partial charge on any atom is 0.259 e. The summed E-state index contributed by atoms with van der Waals surface area (Å²) in [6.07, 6.45) is 5.14. The number of hydrogen-bond donors (Lipinski definition) is 1. The van der Waals surface area contributed by atoms with Crippen LogP contribution < -0.4 is 10.1 Å². The fourth-order valence-corrected chi connectivity index (χ4v) is 4.78. The number of rotatable bonds is 1. The lowest BCUT2D eigenvalue weighted by Crippen LogP contribution is -2.51. The SMILES string of the molecule is O=C1NCC2(CCCCCOc3ccccc31)CCCN(C(=O)c1c(F)cccc1F)C2. The van der Waals surface area contributed by atoms with Gasteiger partial charge in [0.2, 0.25) is 0 Å².